The average Bonchev–Trinajstić information content (AvgIpc) is 2.87. The van der Waals surface area contributed by atoms with E-state index in [1.54, 1.807) is 6.92 Å². The van der Waals surface area contributed by atoms with Gasteiger partial charge in [0.05, 0.1) is 26.7 Å². The molecule has 3 nitrogen and oxygen atoms in total. The average molecular weight is 396 g/mol. The predicted octanol–water partition coefficient (Wildman–Crippen LogP) is 5.04. The molecule has 0 aliphatic heterocycles. The number of halogens is 7. The van der Waals surface area contributed by atoms with Gasteiger partial charge in [0.25, 0.3) is 0 Å². The molecule has 1 aliphatic rings. The van der Waals surface area contributed by atoms with Crippen LogP contribution in [0, 0.1) is 5.41 Å². The number of anilines is 1. The predicted molar refractivity (Wildman–Crippen MR) is 80.4 cm³/mol. The zero-order valence-electron chi connectivity index (χ0n) is 10.9. The molecule has 1 aromatic carbocycles. The molecule has 1 fully saturated rings. The fraction of sp³-hybridized carbons (Fsp3) is 0.417. The quantitative estimate of drug-likeness (QED) is 0.556. The summed E-state index contributed by atoms with van der Waals surface area (Å²) >= 11 is 23.2. The van der Waals surface area contributed by atoms with E-state index in [4.69, 9.17) is 46.4 Å². The van der Waals surface area contributed by atoms with E-state index < -0.39 is 27.4 Å². The van der Waals surface area contributed by atoms with Crippen molar-refractivity contribution in [1.82, 2.24) is 5.43 Å². The van der Waals surface area contributed by atoms with E-state index in [1.807, 2.05) is 0 Å². The van der Waals surface area contributed by atoms with Gasteiger partial charge in [-0.2, -0.15) is 13.2 Å². The third-order valence-corrected chi connectivity index (χ3v) is 5.13. The Morgan fingerprint density at radius 1 is 1.23 bits per heavy atom. The van der Waals surface area contributed by atoms with Crippen LogP contribution in [0.1, 0.15) is 18.9 Å². The molecular weight excluding hydrogens is 387 g/mol. The molecule has 0 aromatic heterocycles. The molecule has 1 atom stereocenters. The topological polar surface area (TPSA) is 41.1 Å². The molecule has 1 unspecified atom stereocenters. The molecule has 2 rings (SSSR count). The summed E-state index contributed by atoms with van der Waals surface area (Å²) in [4.78, 5) is 12.0. The van der Waals surface area contributed by atoms with Crippen molar-refractivity contribution in [2.45, 2.75) is 23.9 Å². The van der Waals surface area contributed by atoms with Crippen molar-refractivity contribution in [1.29, 1.82) is 0 Å². The second-order valence-electron chi connectivity index (χ2n) is 5.11. The van der Waals surface area contributed by atoms with Crippen LogP contribution in [0.25, 0.3) is 0 Å². The first-order chi connectivity index (χ1) is 9.88. The van der Waals surface area contributed by atoms with E-state index in [9.17, 15) is 18.0 Å². The molecule has 1 aliphatic carbocycles. The van der Waals surface area contributed by atoms with Gasteiger partial charge in [-0.1, -0.05) is 23.2 Å². The first-order valence-electron chi connectivity index (χ1n) is 5.89. The highest BCUT2D eigenvalue weighted by atomic mass is 35.5. The molecule has 1 saturated carbocycles. The lowest BCUT2D eigenvalue weighted by Gasteiger charge is -2.17. The lowest BCUT2D eigenvalue weighted by Crippen LogP contribution is -2.37. The van der Waals surface area contributed by atoms with Crippen LogP contribution < -0.4 is 10.9 Å². The van der Waals surface area contributed by atoms with Crippen LogP contribution in [0.4, 0.5) is 18.9 Å². The summed E-state index contributed by atoms with van der Waals surface area (Å²) in [5.41, 5.74) is 2.65. The number of amides is 1. The van der Waals surface area contributed by atoms with E-state index in [2.05, 4.69) is 10.9 Å². The SMILES string of the molecule is CC1(C(=O)NNc2c(Cl)cc(C(F)(F)F)cc2Cl)CC1(Cl)Cl. The third-order valence-electron chi connectivity index (χ3n) is 3.43. The van der Waals surface area contributed by atoms with Gasteiger partial charge in [-0.25, -0.2) is 0 Å². The van der Waals surface area contributed by atoms with E-state index in [1.165, 1.54) is 0 Å². The van der Waals surface area contributed by atoms with Gasteiger partial charge in [-0.15, -0.1) is 23.2 Å². The largest absolute Gasteiger partial charge is 0.416 e. The number of alkyl halides is 5. The second-order valence-corrected chi connectivity index (χ2v) is 7.40. The van der Waals surface area contributed by atoms with Crippen LogP contribution in [-0.2, 0) is 11.0 Å². The molecule has 2 N–H and O–H groups in total. The van der Waals surface area contributed by atoms with Crippen LogP contribution in [0.15, 0.2) is 12.1 Å². The number of hydrogen-bond donors (Lipinski definition) is 2. The molecule has 0 radical (unpaired) electrons. The fourth-order valence-corrected chi connectivity index (χ4v) is 3.05. The van der Waals surface area contributed by atoms with Crippen molar-refractivity contribution in [3.8, 4) is 0 Å². The van der Waals surface area contributed by atoms with Gasteiger partial charge in [0, 0.05) is 0 Å². The molecule has 0 heterocycles. The van der Waals surface area contributed by atoms with E-state index >= 15 is 0 Å². The zero-order valence-corrected chi connectivity index (χ0v) is 13.9. The standard InChI is InChI=1S/C12H9Cl4F3N2O/c1-10(4-11(10,15)16)9(22)21-20-8-6(13)2-5(3-7(8)14)12(17,18)19/h2-3,20H,4H2,1H3,(H,21,22). The number of hydrazine groups is 1. The highest BCUT2D eigenvalue weighted by Gasteiger charge is 2.68. The van der Waals surface area contributed by atoms with Crippen LogP contribution in [-0.4, -0.2) is 10.2 Å². The minimum Gasteiger partial charge on any atom is -0.296 e. The van der Waals surface area contributed by atoms with Crippen molar-refractivity contribution in [3.63, 3.8) is 0 Å². The Hall–Kier alpha value is -0.560. The Bertz CT molecular complexity index is 612. The van der Waals surface area contributed by atoms with E-state index in [0.717, 1.165) is 0 Å². The van der Waals surface area contributed by atoms with Crippen LogP contribution in [0.5, 0.6) is 0 Å². The molecule has 1 aromatic rings. The Labute approximate surface area is 144 Å². The summed E-state index contributed by atoms with van der Waals surface area (Å²) in [5, 5.41) is -0.576. The summed E-state index contributed by atoms with van der Waals surface area (Å²) in [5.74, 6) is -0.524. The lowest BCUT2D eigenvalue weighted by molar-refractivity contribution is -0.137. The number of benzene rings is 1. The Morgan fingerprint density at radius 2 is 1.68 bits per heavy atom. The molecule has 22 heavy (non-hydrogen) atoms. The summed E-state index contributed by atoms with van der Waals surface area (Å²) in [6.07, 6.45) is -4.32. The summed E-state index contributed by atoms with van der Waals surface area (Å²) in [6.45, 7) is 1.56. The number of carbonyl (C=O) groups is 1. The number of carbonyl (C=O) groups excluding carboxylic acids is 1. The maximum Gasteiger partial charge on any atom is 0.416 e. The minimum atomic E-state index is -4.58. The van der Waals surface area contributed by atoms with Crippen molar-refractivity contribution < 1.29 is 18.0 Å². The van der Waals surface area contributed by atoms with Crippen molar-refractivity contribution in [3.05, 3.63) is 27.7 Å². The van der Waals surface area contributed by atoms with Crippen molar-refractivity contribution in [2.75, 3.05) is 5.43 Å². The maximum absolute atomic E-state index is 12.6. The van der Waals surface area contributed by atoms with Gasteiger partial charge in [0.1, 0.15) is 4.33 Å². The van der Waals surface area contributed by atoms with E-state index in [-0.39, 0.29) is 22.2 Å². The van der Waals surface area contributed by atoms with Crippen LogP contribution >= 0.6 is 46.4 Å². The lowest BCUT2D eigenvalue weighted by atomic mass is 10.1. The van der Waals surface area contributed by atoms with Crippen LogP contribution in [0.2, 0.25) is 10.0 Å². The van der Waals surface area contributed by atoms with Crippen molar-refractivity contribution in [2.24, 2.45) is 5.41 Å². The van der Waals surface area contributed by atoms with Gasteiger partial charge < -0.3 is 0 Å². The number of rotatable bonds is 3. The van der Waals surface area contributed by atoms with Crippen LogP contribution in [0.3, 0.4) is 0 Å². The highest BCUT2D eigenvalue weighted by molar-refractivity contribution is 6.53. The summed E-state index contributed by atoms with van der Waals surface area (Å²) in [6, 6.07) is 1.41. The van der Waals surface area contributed by atoms with Gasteiger partial charge in [-0.3, -0.25) is 15.6 Å². The van der Waals surface area contributed by atoms with Gasteiger partial charge >= 0.3 is 6.18 Å². The van der Waals surface area contributed by atoms with E-state index in [0.29, 0.717) is 12.1 Å². The number of nitrogens with one attached hydrogen (secondary N) is 2. The molecule has 1 amide bonds. The van der Waals surface area contributed by atoms with Gasteiger partial charge in [0.2, 0.25) is 5.91 Å². The molecule has 0 bridgehead atoms. The molecular formula is C12H9Cl4F3N2O. The summed E-state index contributed by atoms with van der Waals surface area (Å²) in [7, 11) is 0. The molecule has 0 spiro atoms. The first kappa shape index (κ1) is 17.8. The molecule has 122 valence electrons. The fourth-order valence-electron chi connectivity index (χ4n) is 1.76. The third kappa shape index (κ3) is 3.20. The van der Waals surface area contributed by atoms with Crippen molar-refractivity contribution >= 4 is 58.0 Å². The maximum atomic E-state index is 12.6. The normalized spacial score (nSPS) is 23.1. The molecule has 0 saturated heterocycles. The first-order valence-corrected chi connectivity index (χ1v) is 7.40. The van der Waals surface area contributed by atoms with Gasteiger partial charge in [0.15, 0.2) is 0 Å². The Kier molecular flexibility index (Phi) is 4.46. The second kappa shape index (κ2) is 5.51. The zero-order chi connectivity index (χ0) is 16.9. The highest BCUT2D eigenvalue weighted by Crippen LogP contribution is 2.63. The number of hydrogen-bond acceptors (Lipinski definition) is 2. The smallest absolute Gasteiger partial charge is 0.296 e. The Morgan fingerprint density at radius 3 is 2.05 bits per heavy atom. The minimum absolute atomic E-state index is 0.0521. The monoisotopic (exact) mass is 394 g/mol. The van der Waals surface area contributed by atoms with Gasteiger partial charge in [-0.05, 0) is 25.5 Å². The Balaban J connectivity index is 2.13. The molecule has 10 heteroatoms. The summed E-state index contributed by atoms with van der Waals surface area (Å²) < 4.78 is 36.6.